The third kappa shape index (κ3) is 3.90. The average molecular weight is 278 g/mol. The minimum Gasteiger partial charge on any atom is -0.381 e. The van der Waals surface area contributed by atoms with Gasteiger partial charge in [0.05, 0.1) is 0 Å². The van der Waals surface area contributed by atoms with E-state index in [0.29, 0.717) is 6.04 Å². The van der Waals surface area contributed by atoms with Gasteiger partial charge in [-0.3, -0.25) is 0 Å². The number of hydrogen-bond donors (Lipinski definition) is 1. The molecule has 1 N–H and O–H groups in total. The van der Waals surface area contributed by atoms with Gasteiger partial charge in [0.2, 0.25) is 5.95 Å². The van der Waals surface area contributed by atoms with Gasteiger partial charge in [0.15, 0.2) is 0 Å². The molecule has 0 aromatic carbocycles. The second kappa shape index (κ2) is 7.55. The van der Waals surface area contributed by atoms with Crippen molar-refractivity contribution in [3.05, 3.63) is 17.5 Å². The Morgan fingerprint density at radius 2 is 2.15 bits per heavy atom. The molecule has 0 spiro atoms. The summed E-state index contributed by atoms with van der Waals surface area (Å²) in [6.07, 6.45) is 5.21. The van der Waals surface area contributed by atoms with Crippen LogP contribution in [0.2, 0.25) is 0 Å². The number of aryl methyl sites for hydroxylation is 1. The quantitative estimate of drug-likeness (QED) is 0.805. The second-order valence-corrected chi connectivity index (χ2v) is 5.41. The average Bonchev–Trinajstić information content (AvgIpc) is 2.49. The van der Waals surface area contributed by atoms with Crippen molar-refractivity contribution < 1.29 is 4.74 Å². The van der Waals surface area contributed by atoms with Crippen molar-refractivity contribution in [1.82, 2.24) is 15.3 Å². The lowest BCUT2D eigenvalue weighted by molar-refractivity contribution is 0.0852. The highest BCUT2D eigenvalue weighted by molar-refractivity contribution is 5.33. The van der Waals surface area contributed by atoms with Crippen molar-refractivity contribution in [3.63, 3.8) is 0 Å². The lowest BCUT2D eigenvalue weighted by atomic mass is 10.1. The van der Waals surface area contributed by atoms with Crippen LogP contribution in [0.3, 0.4) is 0 Å². The van der Waals surface area contributed by atoms with Crippen molar-refractivity contribution in [2.24, 2.45) is 0 Å². The molecule has 0 bridgehead atoms. The van der Waals surface area contributed by atoms with Crippen molar-refractivity contribution >= 4 is 5.95 Å². The highest BCUT2D eigenvalue weighted by Gasteiger charge is 2.20. The summed E-state index contributed by atoms with van der Waals surface area (Å²) in [5, 5.41) is 3.39. The van der Waals surface area contributed by atoms with Crippen molar-refractivity contribution in [2.75, 3.05) is 31.7 Å². The number of nitrogens with one attached hydrogen (secondary N) is 1. The maximum absolute atomic E-state index is 5.41. The molecule has 20 heavy (non-hydrogen) atoms. The first-order valence-corrected chi connectivity index (χ1v) is 7.56. The fourth-order valence-corrected chi connectivity index (χ4v) is 2.46. The minimum atomic E-state index is 0.493. The predicted octanol–water partition coefficient (Wildman–Crippen LogP) is 1.90. The largest absolute Gasteiger partial charge is 0.381 e. The molecule has 5 heteroatoms. The molecule has 1 saturated heterocycles. The Morgan fingerprint density at radius 1 is 1.40 bits per heavy atom. The summed E-state index contributed by atoms with van der Waals surface area (Å²) in [5.41, 5.74) is 2.25. The molecule has 1 aromatic rings. The van der Waals surface area contributed by atoms with E-state index in [1.54, 1.807) is 0 Å². The van der Waals surface area contributed by atoms with E-state index in [9.17, 15) is 0 Å². The number of hydrogen-bond acceptors (Lipinski definition) is 5. The van der Waals surface area contributed by atoms with Gasteiger partial charge in [0, 0.05) is 50.3 Å². The molecule has 0 atom stereocenters. The van der Waals surface area contributed by atoms with Crippen LogP contribution in [0.1, 0.15) is 37.4 Å². The zero-order valence-electron chi connectivity index (χ0n) is 12.9. The Morgan fingerprint density at radius 3 is 2.80 bits per heavy atom. The summed E-state index contributed by atoms with van der Waals surface area (Å²) in [6.45, 7) is 7.79. The van der Waals surface area contributed by atoms with Gasteiger partial charge in [-0.15, -0.1) is 0 Å². The van der Waals surface area contributed by atoms with Crippen LogP contribution in [0.5, 0.6) is 0 Å². The van der Waals surface area contributed by atoms with Crippen LogP contribution in [0.25, 0.3) is 0 Å². The predicted molar refractivity (Wildman–Crippen MR) is 81.0 cm³/mol. The van der Waals surface area contributed by atoms with Crippen LogP contribution < -0.4 is 10.2 Å². The Bertz CT molecular complexity index is 418. The molecule has 1 aliphatic heterocycles. The molecule has 2 rings (SSSR count). The SMILES string of the molecule is CCCNCc1cnc(N(C)C2CCOCC2)nc1C. The number of rotatable bonds is 6. The summed E-state index contributed by atoms with van der Waals surface area (Å²) < 4.78 is 5.41. The molecule has 2 heterocycles. The van der Waals surface area contributed by atoms with Crippen LogP contribution in [0.4, 0.5) is 5.95 Å². The van der Waals surface area contributed by atoms with Gasteiger partial charge in [-0.1, -0.05) is 6.92 Å². The van der Waals surface area contributed by atoms with E-state index >= 15 is 0 Å². The maximum Gasteiger partial charge on any atom is 0.225 e. The van der Waals surface area contributed by atoms with Crippen molar-refractivity contribution in [3.8, 4) is 0 Å². The lowest BCUT2D eigenvalue weighted by Crippen LogP contribution is -2.37. The summed E-state index contributed by atoms with van der Waals surface area (Å²) in [5.74, 6) is 0.827. The van der Waals surface area contributed by atoms with E-state index in [-0.39, 0.29) is 0 Å². The molecule has 1 aliphatic rings. The zero-order valence-corrected chi connectivity index (χ0v) is 12.9. The Kier molecular flexibility index (Phi) is 5.73. The summed E-state index contributed by atoms with van der Waals surface area (Å²) >= 11 is 0. The van der Waals surface area contributed by atoms with E-state index in [4.69, 9.17) is 4.74 Å². The van der Waals surface area contributed by atoms with E-state index in [0.717, 1.165) is 57.2 Å². The first-order chi connectivity index (χ1) is 9.72. The molecule has 0 amide bonds. The number of aromatic nitrogens is 2. The summed E-state index contributed by atoms with van der Waals surface area (Å²) in [4.78, 5) is 11.4. The van der Waals surface area contributed by atoms with Crippen molar-refractivity contribution in [1.29, 1.82) is 0 Å². The number of anilines is 1. The smallest absolute Gasteiger partial charge is 0.225 e. The molecule has 0 unspecified atom stereocenters. The normalized spacial score (nSPS) is 16.4. The Hall–Kier alpha value is -1.20. The third-order valence-electron chi connectivity index (χ3n) is 3.86. The van der Waals surface area contributed by atoms with Gasteiger partial charge < -0.3 is 15.0 Å². The number of ether oxygens (including phenoxy) is 1. The standard InChI is InChI=1S/C15H26N4O/c1-4-7-16-10-13-11-17-15(18-12(13)2)19(3)14-5-8-20-9-6-14/h11,14,16H,4-10H2,1-3H3. The lowest BCUT2D eigenvalue weighted by Gasteiger charge is -2.31. The molecule has 1 aromatic heterocycles. The molecule has 0 radical (unpaired) electrons. The fourth-order valence-electron chi connectivity index (χ4n) is 2.46. The van der Waals surface area contributed by atoms with Gasteiger partial charge in [-0.05, 0) is 32.7 Å². The molecule has 5 nitrogen and oxygen atoms in total. The van der Waals surface area contributed by atoms with E-state index in [1.165, 1.54) is 5.56 Å². The molecule has 1 fully saturated rings. The van der Waals surface area contributed by atoms with E-state index in [1.807, 2.05) is 6.20 Å². The van der Waals surface area contributed by atoms with Crippen molar-refractivity contribution in [2.45, 2.75) is 45.7 Å². The molecule has 0 aliphatic carbocycles. The fraction of sp³-hybridized carbons (Fsp3) is 0.733. The first-order valence-electron chi connectivity index (χ1n) is 7.56. The minimum absolute atomic E-state index is 0.493. The Labute approximate surface area is 121 Å². The van der Waals surface area contributed by atoms with E-state index < -0.39 is 0 Å². The third-order valence-corrected chi connectivity index (χ3v) is 3.86. The van der Waals surface area contributed by atoms with Gasteiger partial charge in [-0.2, -0.15) is 0 Å². The second-order valence-electron chi connectivity index (χ2n) is 5.41. The van der Waals surface area contributed by atoms with Crippen LogP contribution in [-0.2, 0) is 11.3 Å². The monoisotopic (exact) mass is 278 g/mol. The van der Waals surface area contributed by atoms with Gasteiger partial charge in [-0.25, -0.2) is 9.97 Å². The molecular weight excluding hydrogens is 252 g/mol. The van der Waals surface area contributed by atoms with Crippen LogP contribution in [0, 0.1) is 6.92 Å². The van der Waals surface area contributed by atoms with E-state index in [2.05, 4.69) is 41.1 Å². The molecule has 112 valence electrons. The maximum atomic E-state index is 5.41. The number of nitrogens with zero attached hydrogens (tertiary/aromatic N) is 3. The Balaban J connectivity index is 1.99. The highest BCUT2D eigenvalue weighted by Crippen LogP contribution is 2.18. The highest BCUT2D eigenvalue weighted by atomic mass is 16.5. The molecular formula is C15H26N4O. The van der Waals surface area contributed by atoms with Crippen LogP contribution in [-0.4, -0.2) is 42.8 Å². The summed E-state index contributed by atoms with van der Waals surface area (Å²) in [6, 6.07) is 0.493. The first kappa shape index (κ1) is 15.2. The van der Waals surface area contributed by atoms with Gasteiger partial charge in [0.25, 0.3) is 0 Å². The van der Waals surface area contributed by atoms with Crippen LogP contribution >= 0.6 is 0 Å². The zero-order chi connectivity index (χ0) is 14.4. The molecule has 0 saturated carbocycles. The van der Waals surface area contributed by atoms with Gasteiger partial charge >= 0.3 is 0 Å². The van der Waals surface area contributed by atoms with Gasteiger partial charge in [0.1, 0.15) is 0 Å². The summed E-state index contributed by atoms with van der Waals surface area (Å²) in [7, 11) is 2.08. The van der Waals surface area contributed by atoms with Crippen LogP contribution in [0.15, 0.2) is 6.20 Å². The topological polar surface area (TPSA) is 50.3 Å².